The number of anilines is 2. The molecule has 2 amide bonds. The lowest BCUT2D eigenvalue weighted by atomic mass is 10.1. The summed E-state index contributed by atoms with van der Waals surface area (Å²) in [5, 5.41) is 3.99. The Bertz CT molecular complexity index is 1080. The largest absolute Gasteiger partial charge is 0.497 e. The second kappa shape index (κ2) is 9.99. The number of nitrogens with one attached hydrogen (secondary N) is 1. The van der Waals surface area contributed by atoms with Crippen molar-refractivity contribution in [2.45, 2.75) is 26.7 Å². The van der Waals surface area contributed by atoms with Crippen molar-refractivity contribution in [3.05, 3.63) is 65.0 Å². The van der Waals surface area contributed by atoms with Gasteiger partial charge in [-0.05, 0) is 55.2 Å². The first-order chi connectivity index (χ1) is 15.5. The van der Waals surface area contributed by atoms with Crippen molar-refractivity contribution in [2.24, 2.45) is 0 Å². The summed E-state index contributed by atoms with van der Waals surface area (Å²) < 4.78 is 9.86. The second-order valence-corrected chi connectivity index (χ2v) is 8.76. The van der Waals surface area contributed by atoms with E-state index in [2.05, 4.69) is 33.6 Å². The number of carbonyl (C=O) groups is 1. The molecule has 3 aromatic rings. The summed E-state index contributed by atoms with van der Waals surface area (Å²) in [6.45, 7) is 7.08. The van der Waals surface area contributed by atoms with E-state index in [1.54, 1.807) is 7.11 Å². The third-order valence-electron chi connectivity index (χ3n) is 5.85. The van der Waals surface area contributed by atoms with Gasteiger partial charge in [0.15, 0.2) is 0 Å². The minimum atomic E-state index is -0.0449. The fourth-order valence-electron chi connectivity index (χ4n) is 3.80. The van der Waals surface area contributed by atoms with Crippen molar-refractivity contribution < 1.29 is 9.53 Å². The Morgan fingerprint density at radius 1 is 1.12 bits per heavy atom. The van der Waals surface area contributed by atoms with Gasteiger partial charge in [-0.3, -0.25) is 0 Å². The van der Waals surface area contributed by atoms with Crippen LogP contribution in [0.3, 0.4) is 0 Å². The Balaban J connectivity index is 1.36. The average Bonchev–Trinajstić information content (AvgIpc) is 3.11. The molecule has 1 aromatic heterocycles. The van der Waals surface area contributed by atoms with Crippen LogP contribution in [0.15, 0.2) is 42.5 Å². The van der Waals surface area contributed by atoms with Crippen molar-refractivity contribution >= 4 is 28.4 Å². The Morgan fingerprint density at radius 2 is 1.97 bits per heavy atom. The van der Waals surface area contributed by atoms with Crippen molar-refractivity contribution in [3.63, 3.8) is 0 Å². The summed E-state index contributed by atoms with van der Waals surface area (Å²) >= 11 is 1.42. The van der Waals surface area contributed by atoms with Crippen LogP contribution in [0.2, 0.25) is 0 Å². The van der Waals surface area contributed by atoms with Gasteiger partial charge in [0.25, 0.3) is 0 Å². The molecule has 1 N–H and O–H groups in total. The van der Waals surface area contributed by atoms with Gasteiger partial charge in [0.2, 0.25) is 5.13 Å². The molecule has 0 unspecified atom stereocenters. The lowest BCUT2D eigenvalue weighted by Crippen LogP contribution is -2.38. The average molecular weight is 452 g/mol. The van der Waals surface area contributed by atoms with E-state index in [-0.39, 0.29) is 6.03 Å². The van der Waals surface area contributed by atoms with Gasteiger partial charge in [-0.15, -0.1) is 0 Å². The number of hydrogen-bond donors (Lipinski definition) is 1. The number of benzene rings is 2. The Hall–Kier alpha value is -3.13. The minimum absolute atomic E-state index is 0.0449. The lowest BCUT2D eigenvalue weighted by Gasteiger charge is -2.22. The van der Waals surface area contributed by atoms with Gasteiger partial charge in [0.05, 0.1) is 7.11 Å². The Labute approximate surface area is 193 Å². The molecule has 0 bridgehead atoms. The summed E-state index contributed by atoms with van der Waals surface area (Å²) in [5.74, 6) is 1.65. The molecule has 1 aliphatic rings. The van der Waals surface area contributed by atoms with Gasteiger partial charge < -0.3 is 19.9 Å². The molecule has 1 aliphatic heterocycles. The van der Waals surface area contributed by atoms with Gasteiger partial charge in [0, 0.05) is 49.8 Å². The third-order valence-corrected chi connectivity index (χ3v) is 6.67. The Morgan fingerprint density at radius 3 is 2.81 bits per heavy atom. The lowest BCUT2D eigenvalue weighted by molar-refractivity contribution is 0.215. The van der Waals surface area contributed by atoms with Crippen LogP contribution < -0.4 is 15.0 Å². The van der Waals surface area contributed by atoms with E-state index in [9.17, 15) is 4.79 Å². The molecule has 2 aromatic carbocycles. The molecule has 32 heavy (non-hydrogen) atoms. The van der Waals surface area contributed by atoms with E-state index in [1.807, 2.05) is 42.2 Å². The maximum Gasteiger partial charge on any atom is 0.321 e. The summed E-state index contributed by atoms with van der Waals surface area (Å²) in [7, 11) is 1.67. The summed E-state index contributed by atoms with van der Waals surface area (Å²) in [6, 6.07) is 13.9. The van der Waals surface area contributed by atoms with Gasteiger partial charge >= 0.3 is 6.03 Å². The Kier molecular flexibility index (Phi) is 6.90. The van der Waals surface area contributed by atoms with Crippen LogP contribution in [0.25, 0.3) is 0 Å². The predicted molar refractivity (Wildman–Crippen MR) is 129 cm³/mol. The van der Waals surface area contributed by atoms with Crippen LogP contribution in [0, 0.1) is 13.8 Å². The monoisotopic (exact) mass is 451 g/mol. The third kappa shape index (κ3) is 5.19. The van der Waals surface area contributed by atoms with Crippen LogP contribution >= 0.6 is 11.5 Å². The van der Waals surface area contributed by atoms with Crippen molar-refractivity contribution in [1.82, 2.24) is 14.3 Å². The molecule has 0 aliphatic carbocycles. The predicted octanol–water partition coefficient (Wildman–Crippen LogP) is 4.50. The highest BCUT2D eigenvalue weighted by molar-refractivity contribution is 7.09. The van der Waals surface area contributed by atoms with E-state index in [4.69, 9.17) is 9.72 Å². The van der Waals surface area contributed by atoms with Crippen molar-refractivity contribution in [3.8, 4) is 5.75 Å². The molecule has 2 heterocycles. The molecule has 0 spiro atoms. The number of aryl methyl sites for hydroxylation is 1. The quantitative estimate of drug-likeness (QED) is 0.619. The zero-order chi connectivity index (χ0) is 22.5. The van der Waals surface area contributed by atoms with Gasteiger partial charge in [-0.25, -0.2) is 9.78 Å². The normalized spacial score (nSPS) is 14.2. The first kappa shape index (κ1) is 22.1. The van der Waals surface area contributed by atoms with Gasteiger partial charge in [0.1, 0.15) is 11.6 Å². The maximum absolute atomic E-state index is 12.8. The number of ether oxygens (including phenoxy) is 1. The van der Waals surface area contributed by atoms with Crippen LogP contribution in [-0.4, -0.2) is 53.6 Å². The first-order valence-corrected chi connectivity index (χ1v) is 11.6. The van der Waals surface area contributed by atoms with Gasteiger partial charge in [-0.2, -0.15) is 4.37 Å². The summed E-state index contributed by atoms with van der Waals surface area (Å²) in [5.41, 5.74) is 4.28. The fourth-order valence-corrected chi connectivity index (χ4v) is 4.54. The number of nitrogens with zero attached hydrogens (tertiary/aromatic N) is 4. The number of amides is 2. The van der Waals surface area contributed by atoms with Crippen LogP contribution in [0.1, 0.15) is 28.9 Å². The van der Waals surface area contributed by atoms with E-state index >= 15 is 0 Å². The zero-order valence-electron chi connectivity index (χ0n) is 18.8. The summed E-state index contributed by atoms with van der Waals surface area (Å²) in [6.07, 6.45) is 1.57. The molecule has 0 saturated carbocycles. The fraction of sp³-hybridized carbons (Fsp3) is 0.375. The molecular weight excluding hydrogens is 422 g/mol. The van der Waals surface area contributed by atoms with Crippen LogP contribution in [0.5, 0.6) is 5.75 Å². The number of aromatic nitrogens is 2. The highest BCUT2D eigenvalue weighted by atomic mass is 32.1. The number of urea groups is 1. The molecule has 168 valence electrons. The molecule has 0 radical (unpaired) electrons. The molecule has 0 atom stereocenters. The van der Waals surface area contributed by atoms with Gasteiger partial charge in [-0.1, -0.05) is 24.3 Å². The van der Waals surface area contributed by atoms with Crippen molar-refractivity contribution in [2.75, 3.05) is 43.5 Å². The van der Waals surface area contributed by atoms with E-state index in [0.717, 1.165) is 59.6 Å². The van der Waals surface area contributed by atoms with Crippen molar-refractivity contribution in [1.29, 1.82) is 0 Å². The minimum Gasteiger partial charge on any atom is -0.497 e. The molecule has 1 saturated heterocycles. The maximum atomic E-state index is 12.8. The van der Waals surface area contributed by atoms with E-state index < -0.39 is 0 Å². The number of rotatable bonds is 5. The zero-order valence-corrected chi connectivity index (χ0v) is 19.6. The molecule has 7 nitrogen and oxygen atoms in total. The number of carbonyl (C=O) groups excluding carboxylic acids is 1. The van der Waals surface area contributed by atoms with Crippen LogP contribution in [0.4, 0.5) is 15.6 Å². The highest BCUT2D eigenvalue weighted by Gasteiger charge is 2.22. The van der Waals surface area contributed by atoms with E-state index in [1.165, 1.54) is 17.1 Å². The first-order valence-electron chi connectivity index (χ1n) is 10.9. The number of methoxy groups -OCH3 is 1. The highest BCUT2D eigenvalue weighted by Crippen LogP contribution is 2.23. The topological polar surface area (TPSA) is 70.6 Å². The van der Waals surface area contributed by atoms with Crippen LogP contribution in [-0.2, 0) is 6.42 Å². The second-order valence-electron chi connectivity index (χ2n) is 8.03. The smallest absolute Gasteiger partial charge is 0.321 e. The van der Waals surface area contributed by atoms with E-state index in [0.29, 0.717) is 13.0 Å². The molecule has 8 heteroatoms. The summed E-state index contributed by atoms with van der Waals surface area (Å²) in [4.78, 5) is 21.7. The number of hydrogen-bond acceptors (Lipinski definition) is 6. The molecule has 1 fully saturated rings. The standard InChI is InChI=1S/C24H29N5O2S/c1-17-7-4-10-21(18(17)2)25-23(30)28-11-6-12-29(14-13-28)24-26-22(27-32-24)16-19-8-5-9-20(15-19)31-3/h4-5,7-10,15H,6,11-14,16H2,1-3H3,(H,25,30). The molecular formula is C24H29N5O2S. The SMILES string of the molecule is COc1cccc(Cc2nsc(N3CCCN(C(=O)Nc4cccc(C)c4C)CC3)n2)c1. The molecule has 4 rings (SSSR count).